The Morgan fingerprint density at radius 1 is 1.24 bits per heavy atom. The molecule has 0 saturated carbocycles. The van der Waals surface area contributed by atoms with Crippen molar-refractivity contribution in [3.63, 3.8) is 0 Å². The first-order valence-corrected chi connectivity index (χ1v) is 7.14. The average Bonchev–Trinajstić information content (AvgIpc) is 3.00. The minimum absolute atomic E-state index is 0.0472. The molecule has 0 radical (unpaired) electrons. The zero-order valence-electron chi connectivity index (χ0n) is 11.7. The second kappa shape index (κ2) is 6.26. The van der Waals surface area contributed by atoms with E-state index in [0.717, 1.165) is 42.5 Å². The van der Waals surface area contributed by atoms with Gasteiger partial charge in [0.1, 0.15) is 5.82 Å². The maximum Gasteiger partial charge on any atom is 0.257 e. The zero-order chi connectivity index (χ0) is 14.5. The Morgan fingerprint density at radius 3 is 3.00 bits per heavy atom. The average molecular weight is 282 g/mol. The van der Waals surface area contributed by atoms with Crippen molar-refractivity contribution >= 4 is 16.6 Å². The molecular formula is C16H18N4O. The molecule has 0 aliphatic carbocycles. The van der Waals surface area contributed by atoms with Gasteiger partial charge in [-0.25, -0.2) is 4.98 Å². The molecule has 0 unspecified atom stereocenters. The van der Waals surface area contributed by atoms with E-state index in [1.165, 1.54) is 0 Å². The highest BCUT2D eigenvalue weighted by atomic mass is 16.1. The standard InChI is InChI=1S/C16H18N4O/c21-16-14-6-2-1-5-13(14)11-15(19-16)18-7-3-4-9-20-10-8-17-12-20/h1-2,5-6,8,10-12H,3-4,7,9H2,(H2,18,19,21). The summed E-state index contributed by atoms with van der Waals surface area (Å²) in [5, 5.41) is 4.96. The van der Waals surface area contributed by atoms with Gasteiger partial charge in [-0.15, -0.1) is 0 Å². The van der Waals surface area contributed by atoms with E-state index >= 15 is 0 Å². The number of nitrogens with zero attached hydrogens (tertiary/aromatic N) is 2. The van der Waals surface area contributed by atoms with Crippen molar-refractivity contribution in [2.24, 2.45) is 0 Å². The fourth-order valence-corrected chi connectivity index (χ4v) is 2.37. The largest absolute Gasteiger partial charge is 0.372 e. The molecule has 0 aliphatic heterocycles. The SMILES string of the molecule is O=c1[nH]c(NCCCCn2ccnc2)cc2ccccc12. The number of rotatable bonds is 6. The van der Waals surface area contributed by atoms with Gasteiger partial charge >= 0.3 is 0 Å². The van der Waals surface area contributed by atoms with E-state index in [-0.39, 0.29) is 5.56 Å². The van der Waals surface area contributed by atoms with E-state index in [1.54, 1.807) is 6.20 Å². The molecule has 21 heavy (non-hydrogen) atoms. The highest BCUT2D eigenvalue weighted by Crippen LogP contribution is 2.12. The lowest BCUT2D eigenvalue weighted by atomic mass is 10.2. The molecule has 2 heterocycles. The number of nitrogens with one attached hydrogen (secondary N) is 2. The highest BCUT2D eigenvalue weighted by Gasteiger charge is 2.00. The number of benzene rings is 1. The van der Waals surface area contributed by atoms with Crippen LogP contribution in [0.3, 0.4) is 0 Å². The minimum atomic E-state index is -0.0472. The smallest absolute Gasteiger partial charge is 0.257 e. The number of hydrogen-bond donors (Lipinski definition) is 2. The van der Waals surface area contributed by atoms with Crippen LogP contribution in [-0.4, -0.2) is 21.1 Å². The number of anilines is 1. The Bertz CT molecular complexity index is 761. The van der Waals surface area contributed by atoms with Crippen LogP contribution in [0.15, 0.2) is 53.8 Å². The number of H-pyrrole nitrogens is 1. The van der Waals surface area contributed by atoms with Gasteiger partial charge in [0.15, 0.2) is 0 Å². The van der Waals surface area contributed by atoms with Crippen LogP contribution in [0.2, 0.25) is 0 Å². The number of unbranched alkanes of at least 4 members (excludes halogenated alkanes) is 1. The van der Waals surface area contributed by atoms with Crippen molar-refractivity contribution in [2.45, 2.75) is 19.4 Å². The summed E-state index contributed by atoms with van der Waals surface area (Å²) >= 11 is 0. The monoisotopic (exact) mass is 282 g/mol. The molecule has 0 bridgehead atoms. The van der Waals surface area contributed by atoms with Crippen molar-refractivity contribution in [1.29, 1.82) is 0 Å². The number of imidazole rings is 1. The normalized spacial score (nSPS) is 10.9. The van der Waals surface area contributed by atoms with Gasteiger partial charge in [0.2, 0.25) is 0 Å². The van der Waals surface area contributed by atoms with Crippen molar-refractivity contribution in [3.05, 3.63) is 59.4 Å². The maximum absolute atomic E-state index is 11.9. The van der Waals surface area contributed by atoms with Crippen LogP contribution in [0.4, 0.5) is 5.82 Å². The number of pyridine rings is 1. The Morgan fingerprint density at radius 2 is 2.14 bits per heavy atom. The first-order chi connectivity index (χ1) is 10.3. The molecule has 0 saturated heterocycles. The molecule has 1 aromatic carbocycles. The Balaban J connectivity index is 1.54. The summed E-state index contributed by atoms with van der Waals surface area (Å²) in [6.45, 7) is 1.80. The van der Waals surface area contributed by atoms with E-state index in [4.69, 9.17) is 0 Å². The summed E-state index contributed by atoms with van der Waals surface area (Å²) in [5.74, 6) is 0.779. The first-order valence-electron chi connectivity index (χ1n) is 7.14. The van der Waals surface area contributed by atoms with E-state index < -0.39 is 0 Å². The van der Waals surface area contributed by atoms with E-state index in [1.807, 2.05) is 42.9 Å². The zero-order valence-corrected chi connectivity index (χ0v) is 11.7. The number of aromatic amines is 1. The van der Waals surface area contributed by atoms with Crippen LogP contribution in [0.1, 0.15) is 12.8 Å². The van der Waals surface area contributed by atoms with Crippen LogP contribution in [0, 0.1) is 0 Å². The second-order valence-electron chi connectivity index (χ2n) is 5.03. The molecular weight excluding hydrogens is 264 g/mol. The number of aryl methyl sites for hydroxylation is 1. The maximum atomic E-state index is 11.9. The molecule has 0 amide bonds. The van der Waals surface area contributed by atoms with Crippen molar-refractivity contribution < 1.29 is 0 Å². The summed E-state index contributed by atoms with van der Waals surface area (Å²) in [4.78, 5) is 18.8. The van der Waals surface area contributed by atoms with Crippen LogP contribution in [0.25, 0.3) is 10.8 Å². The van der Waals surface area contributed by atoms with Crippen LogP contribution in [-0.2, 0) is 6.54 Å². The lowest BCUT2D eigenvalue weighted by Gasteiger charge is -2.07. The third-order valence-electron chi connectivity index (χ3n) is 3.47. The highest BCUT2D eigenvalue weighted by molar-refractivity contribution is 5.83. The van der Waals surface area contributed by atoms with Crippen LogP contribution < -0.4 is 10.9 Å². The van der Waals surface area contributed by atoms with Crippen LogP contribution in [0.5, 0.6) is 0 Å². The first kappa shape index (κ1) is 13.4. The Kier molecular flexibility index (Phi) is 4.00. The molecule has 3 aromatic rings. The van der Waals surface area contributed by atoms with Gasteiger partial charge in [0, 0.05) is 30.9 Å². The quantitative estimate of drug-likeness (QED) is 0.683. The van der Waals surface area contributed by atoms with Gasteiger partial charge in [-0.1, -0.05) is 18.2 Å². The van der Waals surface area contributed by atoms with Crippen LogP contribution >= 0.6 is 0 Å². The van der Waals surface area contributed by atoms with Crippen molar-refractivity contribution in [3.8, 4) is 0 Å². The molecule has 0 atom stereocenters. The number of aromatic nitrogens is 3. The van der Waals surface area contributed by atoms with Gasteiger partial charge in [-0.2, -0.15) is 0 Å². The molecule has 3 rings (SSSR count). The van der Waals surface area contributed by atoms with Gasteiger partial charge in [0.05, 0.1) is 6.33 Å². The summed E-state index contributed by atoms with van der Waals surface area (Å²) in [6.07, 6.45) is 7.69. The Hall–Kier alpha value is -2.56. The molecule has 0 spiro atoms. The van der Waals surface area contributed by atoms with Gasteiger partial charge in [-0.3, -0.25) is 4.79 Å². The molecule has 2 aromatic heterocycles. The van der Waals surface area contributed by atoms with E-state index in [2.05, 4.69) is 19.9 Å². The van der Waals surface area contributed by atoms with Gasteiger partial charge in [-0.05, 0) is 30.4 Å². The lowest BCUT2D eigenvalue weighted by Crippen LogP contribution is -2.12. The molecule has 0 fully saturated rings. The third kappa shape index (κ3) is 3.31. The van der Waals surface area contributed by atoms with Crippen molar-refractivity contribution in [1.82, 2.24) is 14.5 Å². The fraction of sp³-hybridized carbons (Fsp3) is 0.250. The Labute approximate surface area is 122 Å². The number of fused-ring (bicyclic) bond motifs is 1. The summed E-state index contributed by atoms with van der Waals surface area (Å²) < 4.78 is 2.07. The number of hydrogen-bond acceptors (Lipinski definition) is 3. The summed E-state index contributed by atoms with van der Waals surface area (Å²) in [6, 6.07) is 9.59. The predicted octanol–water partition coefficient (Wildman–Crippen LogP) is 2.62. The van der Waals surface area contributed by atoms with Gasteiger partial charge < -0.3 is 14.9 Å². The van der Waals surface area contributed by atoms with Crippen molar-refractivity contribution in [2.75, 3.05) is 11.9 Å². The van der Waals surface area contributed by atoms with Gasteiger partial charge in [0.25, 0.3) is 5.56 Å². The molecule has 5 heteroatoms. The second-order valence-corrected chi connectivity index (χ2v) is 5.03. The molecule has 5 nitrogen and oxygen atoms in total. The minimum Gasteiger partial charge on any atom is -0.372 e. The molecule has 2 N–H and O–H groups in total. The third-order valence-corrected chi connectivity index (χ3v) is 3.47. The molecule has 108 valence electrons. The summed E-state index contributed by atoms with van der Waals surface area (Å²) in [7, 11) is 0. The van der Waals surface area contributed by atoms with E-state index in [0.29, 0.717) is 0 Å². The lowest BCUT2D eigenvalue weighted by molar-refractivity contribution is 0.620. The topological polar surface area (TPSA) is 62.7 Å². The molecule has 0 aliphatic rings. The van der Waals surface area contributed by atoms with E-state index in [9.17, 15) is 4.79 Å². The fourth-order valence-electron chi connectivity index (χ4n) is 2.37. The summed E-state index contributed by atoms with van der Waals surface area (Å²) in [5.41, 5.74) is -0.0472. The predicted molar refractivity (Wildman–Crippen MR) is 84.5 cm³/mol.